The van der Waals surface area contributed by atoms with Crippen LogP contribution in [-0.2, 0) is 6.42 Å². The van der Waals surface area contributed by atoms with E-state index in [-0.39, 0.29) is 0 Å². The van der Waals surface area contributed by atoms with Crippen molar-refractivity contribution in [1.82, 2.24) is 5.32 Å². The van der Waals surface area contributed by atoms with Gasteiger partial charge in [0.05, 0.1) is 0 Å². The third kappa shape index (κ3) is 3.57. The summed E-state index contributed by atoms with van der Waals surface area (Å²) in [5.74, 6) is 0.958. The van der Waals surface area contributed by atoms with Crippen molar-refractivity contribution in [2.24, 2.45) is 5.92 Å². The molecule has 1 aromatic carbocycles. The molecule has 0 aliphatic heterocycles. The van der Waals surface area contributed by atoms with E-state index in [0.29, 0.717) is 0 Å². The molecule has 94 valence electrons. The molecular formula is C16H25N. The summed E-state index contributed by atoms with van der Waals surface area (Å²) in [6, 6.07) is 7.57. The molecule has 17 heavy (non-hydrogen) atoms. The van der Waals surface area contributed by atoms with Crippen molar-refractivity contribution in [1.29, 1.82) is 0 Å². The lowest BCUT2D eigenvalue weighted by atomic mass is 9.97. The molecule has 0 bridgehead atoms. The first-order chi connectivity index (χ1) is 8.20. The van der Waals surface area contributed by atoms with Crippen LogP contribution in [0.5, 0.6) is 0 Å². The van der Waals surface area contributed by atoms with Gasteiger partial charge < -0.3 is 5.32 Å². The van der Waals surface area contributed by atoms with E-state index < -0.39 is 0 Å². The van der Waals surface area contributed by atoms with E-state index in [4.69, 9.17) is 0 Å². The fourth-order valence-electron chi connectivity index (χ4n) is 2.65. The summed E-state index contributed by atoms with van der Waals surface area (Å²) in [5.41, 5.74) is 4.37. The summed E-state index contributed by atoms with van der Waals surface area (Å²) < 4.78 is 0. The molecule has 0 amide bonds. The Morgan fingerprint density at radius 3 is 2.71 bits per heavy atom. The van der Waals surface area contributed by atoms with Gasteiger partial charge in [0.2, 0.25) is 0 Å². The van der Waals surface area contributed by atoms with Crippen molar-refractivity contribution >= 4 is 0 Å². The Hall–Kier alpha value is -0.820. The molecule has 1 nitrogen and oxygen atoms in total. The van der Waals surface area contributed by atoms with Crippen LogP contribution in [0.2, 0.25) is 0 Å². The SMILES string of the molecule is CCNC(CCc1cc(C)ccc1C)C1CC1. The molecule has 1 aromatic rings. The van der Waals surface area contributed by atoms with Gasteiger partial charge in [-0.1, -0.05) is 30.7 Å². The van der Waals surface area contributed by atoms with Crippen LogP contribution >= 0.6 is 0 Å². The maximum atomic E-state index is 3.65. The van der Waals surface area contributed by atoms with Crippen molar-refractivity contribution in [2.45, 2.75) is 52.5 Å². The lowest BCUT2D eigenvalue weighted by Crippen LogP contribution is -2.31. The number of hydrogen-bond acceptors (Lipinski definition) is 1. The Morgan fingerprint density at radius 1 is 1.29 bits per heavy atom. The topological polar surface area (TPSA) is 12.0 Å². The van der Waals surface area contributed by atoms with Gasteiger partial charge in [-0.2, -0.15) is 0 Å². The number of benzene rings is 1. The predicted molar refractivity (Wildman–Crippen MR) is 74.4 cm³/mol. The largest absolute Gasteiger partial charge is 0.314 e. The zero-order chi connectivity index (χ0) is 12.3. The van der Waals surface area contributed by atoms with Crippen LogP contribution in [0.15, 0.2) is 18.2 Å². The molecular weight excluding hydrogens is 206 g/mol. The standard InChI is InChI=1S/C16H25N/c1-4-17-16(14-7-8-14)10-9-15-11-12(2)5-6-13(15)3/h5-6,11,14,16-17H,4,7-10H2,1-3H3. The monoisotopic (exact) mass is 231 g/mol. The molecule has 2 rings (SSSR count). The summed E-state index contributed by atoms with van der Waals surface area (Å²) >= 11 is 0. The lowest BCUT2D eigenvalue weighted by molar-refractivity contribution is 0.446. The van der Waals surface area contributed by atoms with E-state index in [2.05, 4.69) is 44.3 Å². The van der Waals surface area contributed by atoms with Crippen molar-refractivity contribution in [3.63, 3.8) is 0 Å². The first kappa shape index (κ1) is 12.6. The number of aryl methyl sites for hydroxylation is 3. The molecule has 0 heterocycles. The Bertz CT molecular complexity index is 366. The smallest absolute Gasteiger partial charge is 0.00983 e. The molecule has 1 atom stereocenters. The van der Waals surface area contributed by atoms with Crippen LogP contribution in [-0.4, -0.2) is 12.6 Å². The Labute approximate surface area is 106 Å². The van der Waals surface area contributed by atoms with Gasteiger partial charge in [-0.3, -0.25) is 0 Å². The van der Waals surface area contributed by atoms with E-state index in [0.717, 1.165) is 18.5 Å². The molecule has 0 saturated heterocycles. The quantitative estimate of drug-likeness (QED) is 0.788. The van der Waals surface area contributed by atoms with Crippen LogP contribution < -0.4 is 5.32 Å². The highest BCUT2D eigenvalue weighted by molar-refractivity contribution is 5.30. The molecule has 0 spiro atoms. The third-order valence-electron chi connectivity index (χ3n) is 3.89. The molecule has 1 heteroatoms. The highest BCUT2D eigenvalue weighted by atomic mass is 14.9. The molecule has 1 aliphatic carbocycles. The first-order valence-electron chi connectivity index (χ1n) is 7.00. The van der Waals surface area contributed by atoms with Crippen LogP contribution in [0.3, 0.4) is 0 Å². The Balaban J connectivity index is 1.93. The van der Waals surface area contributed by atoms with E-state index >= 15 is 0 Å². The lowest BCUT2D eigenvalue weighted by Gasteiger charge is -2.18. The van der Waals surface area contributed by atoms with Crippen molar-refractivity contribution in [2.75, 3.05) is 6.54 Å². The zero-order valence-electron chi connectivity index (χ0n) is 11.4. The van der Waals surface area contributed by atoms with Gasteiger partial charge in [-0.15, -0.1) is 0 Å². The van der Waals surface area contributed by atoms with Gasteiger partial charge >= 0.3 is 0 Å². The summed E-state index contributed by atoms with van der Waals surface area (Å²) in [5, 5.41) is 3.65. The molecule has 1 fully saturated rings. The van der Waals surface area contributed by atoms with Gasteiger partial charge in [0.15, 0.2) is 0 Å². The Morgan fingerprint density at radius 2 is 2.06 bits per heavy atom. The maximum Gasteiger partial charge on any atom is 0.00983 e. The van der Waals surface area contributed by atoms with E-state index in [9.17, 15) is 0 Å². The summed E-state index contributed by atoms with van der Waals surface area (Å²) in [6.45, 7) is 7.74. The second-order valence-corrected chi connectivity index (χ2v) is 5.47. The van der Waals surface area contributed by atoms with Crippen molar-refractivity contribution in [3.05, 3.63) is 34.9 Å². The van der Waals surface area contributed by atoms with Gasteiger partial charge in [-0.05, 0) is 63.1 Å². The fraction of sp³-hybridized carbons (Fsp3) is 0.625. The first-order valence-corrected chi connectivity index (χ1v) is 7.00. The minimum Gasteiger partial charge on any atom is -0.314 e. The highest BCUT2D eigenvalue weighted by Crippen LogP contribution is 2.34. The minimum atomic E-state index is 0.750. The molecule has 1 aliphatic rings. The van der Waals surface area contributed by atoms with Gasteiger partial charge in [0.1, 0.15) is 0 Å². The zero-order valence-corrected chi connectivity index (χ0v) is 11.4. The number of rotatable bonds is 6. The number of nitrogens with one attached hydrogen (secondary N) is 1. The van der Waals surface area contributed by atoms with Gasteiger partial charge in [0.25, 0.3) is 0 Å². The van der Waals surface area contributed by atoms with Crippen molar-refractivity contribution in [3.8, 4) is 0 Å². The maximum absolute atomic E-state index is 3.65. The summed E-state index contributed by atoms with van der Waals surface area (Å²) in [6.07, 6.45) is 5.39. The molecule has 0 aromatic heterocycles. The van der Waals surface area contributed by atoms with Gasteiger partial charge in [0, 0.05) is 6.04 Å². The molecule has 1 N–H and O–H groups in total. The van der Waals surface area contributed by atoms with Crippen LogP contribution in [0.25, 0.3) is 0 Å². The minimum absolute atomic E-state index is 0.750. The van der Waals surface area contributed by atoms with Crippen LogP contribution in [0.4, 0.5) is 0 Å². The van der Waals surface area contributed by atoms with Gasteiger partial charge in [-0.25, -0.2) is 0 Å². The molecule has 1 unspecified atom stereocenters. The third-order valence-corrected chi connectivity index (χ3v) is 3.89. The average Bonchev–Trinajstić information content (AvgIpc) is 3.12. The van der Waals surface area contributed by atoms with E-state index in [1.165, 1.54) is 42.4 Å². The molecule has 1 saturated carbocycles. The summed E-state index contributed by atoms with van der Waals surface area (Å²) in [7, 11) is 0. The van der Waals surface area contributed by atoms with E-state index in [1.807, 2.05) is 0 Å². The summed E-state index contributed by atoms with van der Waals surface area (Å²) in [4.78, 5) is 0. The van der Waals surface area contributed by atoms with Crippen LogP contribution in [0, 0.1) is 19.8 Å². The Kier molecular flexibility index (Phi) is 4.22. The van der Waals surface area contributed by atoms with Crippen molar-refractivity contribution < 1.29 is 0 Å². The highest BCUT2D eigenvalue weighted by Gasteiger charge is 2.30. The average molecular weight is 231 g/mol. The van der Waals surface area contributed by atoms with E-state index in [1.54, 1.807) is 0 Å². The number of hydrogen-bond donors (Lipinski definition) is 1. The predicted octanol–water partition coefficient (Wildman–Crippen LogP) is 3.62. The second-order valence-electron chi connectivity index (χ2n) is 5.47. The van der Waals surface area contributed by atoms with Crippen LogP contribution in [0.1, 0.15) is 42.9 Å². The normalized spacial score (nSPS) is 17.1. The second kappa shape index (κ2) is 5.68. The fourth-order valence-corrected chi connectivity index (χ4v) is 2.65. The molecule has 0 radical (unpaired) electrons.